The highest BCUT2D eigenvalue weighted by Crippen LogP contribution is 2.11. The molecule has 0 radical (unpaired) electrons. The van der Waals surface area contributed by atoms with Crippen LogP contribution in [0, 0.1) is 0 Å². The van der Waals surface area contributed by atoms with Gasteiger partial charge in [-0.05, 0) is 33.6 Å². The summed E-state index contributed by atoms with van der Waals surface area (Å²) in [4.78, 5) is 18.1. The minimum atomic E-state index is -0.484. The minimum Gasteiger partial charge on any atom is -0.444 e. The Kier molecular flexibility index (Phi) is 6.26. The number of nitrogens with one attached hydrogen (secondary N) is 1. The number of amides is 1. The van der Waals surface area contributed by atoms with Crippen LogP contribution in [-0.4, -0.2) is 59.8 Å². The summed E-state index contributed by atoms with van der Waals surface area (Å²) < 4.78 is 5.37. The number of ether oxygens (including phenoxy) is 1. The number of nitrogens with zero attached hydrogens (tertiary/aromatic N) is 2. The molecule has 20 heavy (non-hydrogen) atoms. The molecule has 0 fully saturated rings. The second-order valence-electron chi connectivity index (χ2n) is 5.99. The molecule has 1 heterocycles. The van der Waals surface area contributed by atoms with E-state index in [4.69, 9.17) is 9.84 Å². The van der Waals surface area contributed by atoms with Gasteiger partial charge in [0.15, 0.2) is 0 Å². The number of rotatable bonds is 4. The predicted octanol–water partition coefficient (Wildman–Crippen LogP) is 1.39. The van der Waals surface area contributed by atoms with Gasteiger partial charge in [-0.15, -0.1) is 0 Å². The molecule has 0 aliphatic carbocycles. The van der Waals surface area contributed by atoms with Crippen molar-refractivity contribution < 1.29 is 14.6 Å². The largest absolute Gasteiger partial charge is 0.444 e. The van der Waals surface area contributed by atoms with E-state index in [0.717, 1.165) is 12.3 Å². The van der Waals surface area contributed by atoms with Gasteiger partial charge >= 0.3 is 6.09 Å². The number of carbonyl (C=O) groups is 1. The molecular formula is C14H27N3O3. The van der Waals surface area contributed by atoms with Crippen LogP contribution in [-0.2, 0) is 4.74 Å². The van der Waals surface area contributed by atoms with E-state index in [2.05, 4.69) is 17.2 Å². The first-order valence-corrected chi connectivity index (χ1v) is 7.24. The van der Waals surface area contributed by atoms with E-state index in [0.29, 0.717) is 26.1 Å². The van der Waals surface area contributed by atoms with Gasteiger partial charge in [-0.25, -0.2) is 4.79 Å². The molecule has 2 N–H and O–H groups in total. The van der Waals surface area contributed by atoms with E-state index in [9.17, 15) is 4.79 Å². The monoisotopic (exact) mass is 285 g/mol. The zero-order chi connectivity index (χ0) is 15.2. The van der Waals surface area contributed by atoms with Crippen LogP contribution in [0.15, 0.2) is 4.99 Å². The highest BCUT2D eigenvalue weighted by atomic mass is 16.6. The average Bonchev–Trinajstić information content (AvgIpc) is 2.36. The molecule has 1 rings (SSSR count). The number of aliphatic hydroxyl groups is 1. The fraction of sp³-hybridized carbons (Fsp3) is 0.857. The summed E-state index contributed by atoms with van der Waals surface area (Å²) in [5.74, 6) is 0.794. The lowest BCUT2D eigenvalue weighted by Crippen LogP contribution is -2.49. The zero-order valence-corrected chi connectivity index (χ0v) is 13.0. The van der Waals surface area contributed by atoms with Crippen molar-refractivity contribution in [1.82, 2.24) is 10.2 Å². The van der Waals surface area contributed by atoms with Crippen LogP contribution in [0.3, 0.4) is 0 Å². The Labute approximate surface area is 121 Å². The second-order valence-corrected chi connectivity index (χ2v) is 5.99. The van der Waals surface area contributed by atoms with Crippen molar-refractivity contribution in [1.29, 1.82) is 0 Å². The van der Waals surface area contributed by atoms with Crippen molar-refractivity contribution in [3.63, 3.8) is 0 Å². The topological polar surface area (TPSA) is 74.2 Å². The van der Waals surface area contributed by atoms with Gasteiger partial charge in [-0.1, -0.05) is 6.92 Å². The molecule has 1 unspecified atom stereocenters. The maximum absolute atomic E-state index is 12.0. The number of carbonyl (C=O) groups excluding carboxylic acids is 1. The molecule has 1 atom stereocenters. The van der Waals surface area contributed by atoms with Crippen molar-refractivity contribution in [2.45, 2.75) is 52.2 Å². The van der Waals surface area contributed by atoms with Gasteiger partial charge in [0.2, 0.25) is 0 Å². The quantitative estimate of drug-likeness (QED) is 0.818. The maximum Gasteiger partial charge on any atom is 0.410 e. The highest BCUT2D eigenvalue weighted by molar-refractivity contribution is 5.88. The first-order valence-electron chi connectivity index (χ1n) is 7.24. The number of hydrogen-bond donors (Lipinski definition) is 2. The van der Waals surface area contributed by atoms with Crippen molar-refractivity contribution in [3.8, 4) is 0 Å². The van der Waals surface area contributed by atoms with Crippen LogP contribution in [0.4, 0.5) is 4.79 Å². The summed E-state index contributed by atoms with van der Waals surface area (Å²) in [7, 11) is 0. The van der Waals surface area contributed by atoms with Crippen molar-refractivity contribution in [2.75, 3.05) is 26.2 Å². The summed E-state index contributed by atoms with van der Waals surface area (Å²) in [5.41, 5.74) is -0.484. The molecule has 116 valence electrons. The molecule has 0 aromatic heterocycles. The molecule has 0 spiro atoms. The van der Waals surface area contributed by atoms with Crippen molar-refractivity contribution in [2.24, 2.45) is 4.99 Å². The van der Waals surface area contributed by atoms with E-state index in [1.807, 2.05) is 20.8 Å². The molecule has 0 saturated heterocycles. The van der Waals surface area contributed by atoms with Crippen LogP contribution in [0.25, 0.3) is 0 Å². The van der Waals surface area contributed by atoms with E-state index < -0.39 is 5.60 Å². The SMILES string of the molecule is CCC(CCO)NC1=NCCN(C(=O)OC(C)(C)C)C1. The summed E-state index contributed by atoms with van der Waals surface area (Å²) in [5, 5.41) is 12.3. The minimum absolute atomic E-state index is 0.147. The fourth-order valence-electron chi connectivity index (χ4n) is 1.96. The number of aliphatic hydroxyl groups excluding tert-OH is 1. The molecule has 0 aromatic carbocycles. The Morgan fingerprint density at radius 3 is 2.80 bits per heavy atom. The molecule has 0 bridgehead atoms. The lowest BCUT2D eigenvalue weighted by Gasteiger charge is -2.31. The molecule has 1 aliphatic heterocycles. The van der Waals surface area contributed by atoms with E-state index in [1.165, 1.54) is 0 Å². The second kappa shape index (κ2) is 7.47. The third-order valence-corrected chi connectivity index (χ3v) is 3.01. The van der Waals surface area contributed by atoms with Crippen LogP contribution < -0.4 is 5.32 Å². The first kappa shape index (κ1) is 16.8. The van der Waals surface area contributed by atoms with Crippen molar-refractivity contribution in [3.05, 3.63) is 0 Å². The highest BCUT2D eigenvalue weighted by Gasteiger charge is 2.25. The average molecular weight is 285 g/mol. The van der Waals surface area contributed by atoms with Gasteiger partial charge in [0, 0.05) is 19.2 Å². The summed E-state index contributed by atoms with van der Waals surface area (Å²) >= 11 is 0. The molecule has 0 aromatic rings. The lowest BCUT2D eigenvalue weighted by molar-refractivity contribution is 0.0276. The smallest absolute Gasteiger partial charge is 0.410 e. The van der Waals surface area contributed by atoms with Gasteiger partial charge in [0.1, 0.15) is 11.4 Å². The first-order chi connectivity index (χ1) is 9.35. The number of aliphatic imine (C=N–C) groups is 1. The Balaban J connectivity index is 2.53. The van der Waals surface area contributed by atoms with E-state index in [1.54, 1.807) is 4.90 Å². The van der Waals surface area contributed by atoms with Crippen LogP contribution in [0.5, 0.6) is 0 Å². The molecule has 1 amide bonds. The van der Waals surface area contributed by atoms with Crippen LogP contribution in [0.1, 0.15) is 40.5 Å². The summed E-state index contributed by atoms with van der Waals surface area (Å²) in [6.07, 6.45) is 1.29. The fourth-order valence-corrected chi connectivity index (χ4v) is 1.96. The third kappa shape index (κ3) is 5.77. The third-order valence-electron chi connectivity index (χ3n) is 3.01. The maximum atomic E-state index is 12.0. The molecule has 1 aliphatic rings. The van der Waals surface area contributed by atoms with Gasteiger partial charge in [0.05, 0.1) is 13.1 Å². The Morgan fingerprint density at radius 2 is 2.25 bits per heavy atom. The predicted molar refractivity (Wildman–Crippen MR) is 79.0 cm³/mol. The number of hydrogen-bond acceptors (Lipinski definition) is 5. The van der Waals surface area contributed by atoms with Crippen molar-refractivity contribution >= 4 is 11.9 Å². The van der Waals surface area contributed by atoms with E-state index >= 15 is 0 Å². The standard InChI is InChI=1S/C14H27N3O3/c1-5-11(6-9-18)16-12-10-17(8-7-15-12)13(19)20-14(2,3)4/h11,18H,5-10H2,1-4H3,(H,15,16). The molecule has 6 heteroatoms. The van der Waals surface area contributed by atoms with Crippen LogP contribution >= 0.6 is 0 Å². The molecule has 0 saturated carbocycles. The van der Waals surface area contributed by atoms with E-state index in [-0.39, 0.29) is 18.7 Å². The Bertz CT molecular complexity index is 350. The molecular weight excluding hydrogens is 258 g/mol. The molecule has 6 nitrogen and oxygen atoms in total. The Hall–Kier alpha value is -1.30. The zero-order valence-electron chi connectivity index (χ0n) is 13.0. The van der Waals surface area contributed by atoms with Gasteiger partial charge < -0.3 is 15.2 Å². The van der Waals surface area contributed by atoms with Crippen LogP contribution in [0.2, 0.25) is 0 Å². The normalized spacial score (nSPS) is 17.4. The Morgan fingerprint density at radius 1 is 1.55 bits per heavy atom. The number of amidine groups is 1. The van der Waals surface area contributed by atoms with Gasteiger partial charge in [-0.3, -0.25) is 9.89 Å². The lowest BCUT2D eigenvalue weighted by atomic mass is 10.1. The van der Waals surface area contributed by atoms with Gasteiger partial charge in [-0.2, -0.15) is 0 Å². The summed E-state index contributed by atoms with van der Waals surface area (Å²) in [6.45, 7) is 9.38. The summed E-state index contributed by atoms with van der Waals surface area (Å²) in [6, 6.07) is 0.192. The van der Waals surface area contributed by atoms with Gasteiger partial charge in [0.25, 0.3) is 0 Å².